The molecule has 0 atom stereocenters. The summed E-state index contributed by atoms with van der Waals surface area (Å²) in [5, 5.41) is 6.11. The molecule has 0 aliphatic carbocycles. The number of carbonyl (C=O) groups is 2. The van der Waals surface area contributed by atoms with Crippen molar-refractivity contribution < 1.29 is 27.9 Å². The van der Waals surface area contributed by atoms with Gasteiger partial charge < -0.3 is 28.9 Å². The second-order valence-corrected chi connectivity index (χ2v) is 7.65. The number of aromatic nitrogens is 1. The maximum Gasteiger partial charge on any atom is 0.325 e. The molecule has 0 aliphatic rings. The number of rotatable bonds is 6. The largest absolute Gasteiger partial charge is 0.495 e. The van der Waals surface area contributed by atoms with Gasteiger partial charge >= 0.3 is 12.0 Å². The second kappa shape index (κ2) is 9.22. The van der Waals surface area contributed by atoms with Gasteiger partial charge in [0.25, 0.3) is 0 Å². The number of benzene rings is 3. The van der Waals surface area contributed by atoms with E-state index in [0.717, 1.165) is 22.3 Å². The van der Waals surface area contributed by atoms with Crippen LogP contribution in [0.5, 0.6) is 5.75 Å². The average Bonchev–Trinajstić information content (AvgIpc) is 3.51. The molecule has 0 saturated carbocycles. The van der Waals surface area contributed by atoms with Crippen molar-refractivity contribution in [2.45, 2.75) is 0 Å². The number of amides is 2. The fraction of sp³-hybridized carbons (Fsp3) is 0.115. The molecule has 2 amide bonds. The number of para-hydroxylation sites is 1. The van der Waals surface area contributed by atoms with E-state index in [2.05, 4.69) is 20.4 Å². The predicted octanol–water partition coefficient (Wildman–Crippen LogP) is 5.21. The molecular weight excluding hydrogens is 450 g/mol. The number of furan rings is 1. The maximum absolute atomic E-state index is 12.2. The van der Waals surface area contributed by atoms with Crippen LogP contribution in [0.3, 0.4) is 0 Å². The average molecular weight is 471 g/mol. The van der Waals surface area contributed by atoms with Crippen molar-refractivity contribution in [1.82, 2.24) is 10.3 Å². The van der Waals surface area contributed by atoms with Gasteiger partial charge in [0, 0.05) is 16.5 Å². The highest BCUT2D eigenvalue weighted by molar-refractivity contribution is 5.94. The second-order valence-electron chi connectivity index (χ2n) is 7.65. The number of anilines is 1. The number of fused-ring (bicyclic) bond motifs is 2. The first-order valence-corrected chi connectivity index (χ1v) is 10.7. The standard InChI is InChI=1S/C26H21N3O6/c1-32-21-9-8-17(12-18(21)29-26(31)27-14-24(30)33-2)25-28-19-11-16(7-10-22(19)35-25)23-13-15-5-3-4-6-20(15)34-23/h3-13H,14H2,1-2H3,(H2,27,29,31). The van der Waals surface area contributed by atoms with Crippen LogP contribution in [0, 0.1) is 0 Å². The predicted molar refractivity (Wildman–Crippen MR) is 130 cm³/mol. The van der Waals surface area contributed by atoms with E-state index >= 15 is 0 Å². The Kier molecular flexibility index (Phi) is 5.80. The van der Waals surface area contributed by atoms with E-state index in [1.165, 1.54) is 14.2 Å². The third-order valence-electron chi connectivity index (χ3n) is 5.41. The molecule has 0 unspecified atom stereocenters. The maximum atomic E-state index is 12.2. The van der Waals surface area contributed by atoms with Crippen LogP contribution in [0.2, 0.25) is 0 Å². The number of ether oxygens (including phenoxy) is 2. The quantitative estimate of drug-likeness (QED) is 0.327. The van der Waals surface area contributed by atoms with Crippen molar-refractivity contribution in [2.75, 3.05) is 26.1 Å². The van der Waals surface area contributed by atoms with Gasteiger partial charge in [-0.3, -0.25) is 4.79 Å². The van der Waals surface area contributed by atoms with Crippen LogP contribution in [0.25, 0.3) is 44.8 Å². The number of oxazole rings is 1. The van der Waals surface area contributed by atoms with Gasteiger partial charge in [0.2, 0.25) is 5.89 Å². The van der Waals surface area contributed by atoms with Crippen molar-refractivity contribution in [1.29, 1.82) is 0 Å². The number of nitrogens with one attached hydrogen (secondary N) is 2. The third-order valence-corrected chi connectivity index (χ3v) is 5.41. The lowest BCUT2D eigenvalue weighted by molar-refractivity contribution is -0.139. The van der Waals surface area contributed by atoms with Gasteiger partial charge in [0.05, 0.1) is 19.9 Å². The SMILES string of the molecule is COC(=O)CNC(=O)Nc1cc(-c2nc3cc(-c4cc5ccccc5o4)ccc3o2)ccc1OC. The Labute approximate surface area is 199 Å². The number of methoxy groups -OCH3 is 2. The molecule has 0 aliphatic heterocycles. The smallest absolute Gasteiger partial charge is 0.325 e. The van der Waals surface area contributed by atoms with Gasteiger partial charge in [0.1, 0.15) is 29.2 Å². The molecule has 3 aromatic carbocycles. The van der Waals surface area contributed by atoms with E-state index in [1.807, 2.05) is 48.5 Å². The molecule has 2 aromatic heterocycles. The van der Waals surface area contributed by atoms with Crippen LogP contribution in [0.1, 0.15) is 0 Å². The molecule has 0 saturated heterocycles. The molecule has 0 radical (unpaired) electrons. The minimum Gasteiger partial charge on any atom is -0.495 e. The number of hydrogen-bond donors (Lipinski definition) is 2. The molecule has 35 heavy (non-hydrogen) atoms. The summed E-state index contributed by atoms with van der Waals surface area (Å²) >= 11 is 0. The van der Waals surface area contributed by atoms with Crippen LogP contribution < -0.4 is 15.4 Å². The molecule has 0 fully saturated rings. The first kappa shape index (κ1) is 22.0. The van der Waals surface area contributed by atoms with Crippen molar-refractivity contribution in [3.8, 4) is 28.5 Å². The normalized spacial score (nSPS) is 10.9. The van der Waals surface area contributed by atoms with E-state index in [9.17, 15) is 9.59 Å². The highest BCUT2D eigenvalue weighted by atomic mass is 16.5. The molecule has 2 heterocycles. The minimum atomic E-state index is -0.584. The van der Waals surface area contributed by atoms with Gasteiger partial charge in [0.15, 0.2) is 5.58 Å². The fourth-order valence-corrected chi connectivity index (χ4v) is 3.66. The molecular formula is C26H21N3O6. The summed E-state index contributed by atoms with van der Waals surface area (Å²) in [6, 6.07) is 20.1. The summed E-state index contributed by atoms with van der Waals surface area (Å²) in [6.45, 7) is -0.261. The van der Waals surface area contributed by atoms with E-state index < -0.39 is 12.0 Å². The molecule has 0 bridgehead atoms. The Hall–Kier alpha value is -4.79. The number of nitrogens with zero attached hydrogens (tertiary/aromatic N) is 1. The Balaban J connectivity index is 1.43. The van der Waals surface area contributed by atoms with Crippen LogP contribution in [0.15, 0.2) is 75.6 Å². The van der Waals surface area contributed by atoms with E-state index in [0.29, 0.717) is 34.0 Å². The number of carbonyl (C=O) groups excluding carboxylic acids is 2. The Morgan fingerprint density at radius 2 is 1.74 bits per heavy atom. The zero-order valence-corrected chi connectivity index (χ0v) is 19.0. The lowest BCUT2D eigenvalue weighted by Crippen LogP contribution is -2.33. The molecule has 176 valence electrons. The Bertz CT molecular complexity index is 1520. The van der Waals surface area contributed by atoms with Gasteiger partial charge in [-0.25, -0.2) is 9.78 Å². The molecule has 0 spiro atoms. The molecule has 2 N–H and O–H groups in total. The number of hydrogen-bond acceptors (Lipinski definition) is 7. The summed E-state index contributed by atoms with van der Waals surface area (Å²) in [5.41, 5.74) is 4.00. The van der Waals surface area contributed by atoms with E-state index in [4.69, 9.17) is 13.6 Å². The van der Waals surface area contributed by atoms with E-state index in [1.54, 1.807) is 18.2 Å². The van der Waals surface area contributed by atoms with Crippen molar-refractivity contribution in [3.05, 3.63) is 66.7 Å². The molecule has 9 heteroatoms. The highest BCUT2D eigenvalue weighted by Crippen LogP contribution is 2.34. The van der Waals surface area contributed by atoms with Crippen molar-refractivity contribution in [3.63, 3.8) is 0 Å². The van der Waals surface area contributed by atoms with Gasteiger partial charge in [-0.1, -0.05) is 18.2 Å². The number of esters is 1. The zero-order chi connectivity index (χ0) is 24.4. The third kappa shape index (κ3) is 4.51. The molecule has 5 rings (SSSR count). The first-order valence-electron chi connectivity index (χ1n) is 10.7. The van der Waals surface area contributed by atoms with Crippen molar-refractivity contribution in [2.24, 2.45) is 0 Å². The van der Waals surface area contributed by atoms with Crippen LogP contribution >= 0.6 is 0 Å². The topological polar surface area (TPSA) is 116 Å². The Morgan fingerprint density at radius 1 is 0.914 bits per heavy atom. The monoisotopic (exact) mass is 471 g/mol. The van der Waals surface area contributed by atoms with Gasteiger partial charge in [-0.15, -0.1) is 0 Å². The lowest BCUT2D eigenvalue weighted by atomic mass is 10.1. The van der Waals surface area contributed by atoms with E-state index in [-0.39, 0.29) is 6.54 Å². The lowest BCUT2D eigenvalue weighted by Gasteiger charge is -2.11. The zero-order valence-electron chi connectivity index (χ0n) is 19.0. The van der Waals surface area contributed by atoms with Crippen molar-refractivity contribution >= 4 is 39.8 Å². The molecule has 5 aromatic rings. The van der Waals surface area contributed by atoms with Crippen LogP contribution in [-0.2, 0) is 9.53 Å². The first-order chi connectivity index (χ1) is 17.0. The summed E-state index contributed by atoms with van der Waals surface area (Å²) in [5.74, 6) is 0.994. The minimum absolute atomic E-state index is 0.261. The highest BCUT2D eigenvalue weighted by Gasteiger charge is 2.15. The Morgan fingerprint density at radius 3 is 2.54 bits per heavy atom. The summed E-state index contributed by atoms with van der Waals surface area (Å²) in [7, 11) is 2.74. The summed E-state index contributed by atoms with van der Waals surface area (Å²) in [6.07, 6.45) is 0. The fourth-order valence-electron chi connectivity index (χ4n) is 3.66. The number of urea groups is 1. The van der Waals surface area contributed by atoms with Gasteiger partial charge in [-0.2, -0.15) is 0 Å². The summed E-state index contributed by atoms with van der Waals surface area (Å²) < 4.78 is 21.8. The van der Waals surface area contributed by atoms with Gasteiger partial charge in [-0.05, 0) is 48.5 Å². The summed E-state index contributed by atoms with van der Waals surface area (Å²) in [4.78, 5) is 28.1. The van der Waals surface area contributed by atoms with Crippen LogP contribution in [0.4, 0.5) is 10.5 Å². The molecule has 9 nitrogen and oxygen atoms in total. The van der Waals surface area contributed by atoms with Crippen LogP contribution in [-0.4, -0.2) is 37.7 Å².